The lowest BCUT2D eigenvalue weighted by atomic mass is 10.1. The molecular formula is C9H12ClN3O2. The average molecular weight is 230 g/mol. The number of carbonyl (C=O) groups is 1. The van der Waals surface area contributed by atoms with Gasteiger partial charge in [-0.25, -0.2) is 4.98 Å². The van der Waals surface area contributed by atoms with Gasteiger partial charge in [0, 0.05) is 13.0 Å². The first kappa shape index (κ1) is 11.7. The third-order valence-corrected chi connectivity index (χ3v) is 1.94. The Morgan fingerprint density at radius 1 is 1.67 bits per heavy atom. The molecule has 0 amide bonds. The summed E-state index contributed by atoms with van der Waals surface area (Å²) in [6.07, 6.45) is 3.10. The van der Waals surface area contributed by atoms with E-state index < -0.39 is 5.97 Å². The van der Waals surface area contributed by atoms with Gasteiger partial charge in [0.15, 0.2) is 0 Å². The van der Waals surface area contributed by atoms with Crippen LogP contribution in [0, 0.1) is 5.92 Å². The molecule has 1 atom stereocenters. The molecule has 1 heterocycles. The number of hydrogen-bond donors (Lipinski definition) is 2. The topological polar surface area (TPSA) is 75.1 Å². The molecule has 0 saturated carbocycles. The van der Waals surface area contributed by atoms with Gasteiger partial charge in [0.1, 0.15) is 11.0 Å². The van der Waals surface area contributed by atoms with E-state index in [1.54, 1.807) is 6.20 Å². The molecule has 0 fully saturated rings. The number of carboxylic acid groups (broad SMARTS) is 1. The zero-order valence-electron chi connectivity index (χ0n) is 8.27. The Morgan fingerprint density at radius 3 is 3.00 bits per heavy atom. The third kappa shape index (κ3) is 4.60. The quantitative estimate of drug-likeness (QED) is 0.803. The van der Waals surface area contributed by atoms with Crippen molar-refractivity contribution in [3.05, 3.63) is 17.5 Å². The molecular weight excluding hydrogens is 218 g/mol. The van der Waals surface area contributed by atoms with E-state index in [0.717, 1.165) is 0 Å². The molecule has 82 valence electrons. The number of aliphatic carboxylic acids is 1. The largest absolute Gasteiger partial charge is 0.481 e. The van der Waals surface area contributed by atoms with Crippen LogP contribution in [0.5, 0.6) is 0 Å². The molecule has 1 rings (SSSR count). The summed E-state index contributed by atoms with van der Waals surface area (Å²) >= 11 is 5.64. The van der Waals surface area contributed by atoms with E-state index in [1.807, 2.05) is 6.92 Å². The molecule has 0 aliphatic carbocycles. The number of anilines is 1. The van der Waals surface area contributed by atoms with E-state index in [4.69, 9.17) is 16.7 Å². The van der Waals surface area contributed by atoms with Gasteiger partial charge in [-0.2, -0.15) is 0 Å². The van der Waals surface area contributed by atoms with Gasteiger partial charge in [-0.1, -0.05) is 18.5 Å². The molecule has 0 aliphatic rings. The van der Waals surface area contributed by atoms with Crippen molar-refractivity contribution in [2.45, 2.75) is 13.3 Å². The summed E-state index contributed by atoms with van der Waals surface area (Å²) in [7, 11) is 0. The van der Waals surface area contributed by atoms with Crippen LogP contribution in [0.3, 0.4) is 0 Å². The minimum absolute atomic E-state index is 0.0308. The van der Waals surface area contributed by atoms with E-state index in [0.29, 0.717) is 17.5 Å². The number of halogens is 1. The van der Waals surface area contributed by atoms with Gasteiger partial charge >= 0.3 is 5.97 Å². The summed E-state index contributed by atoms with van der Waals surface area (Å²) in [6.45, 7) is 2.38. The van der Waals surface area contributed by atoms with E-state index in [-0.39, 0.29) is 12.3 Å². The highest BCUT2D eigenvalue weighted by atomic mass is 35.5. The third-order valence-electron chi connectivity index (χ3n) is 1.76. The second-order valence-electron chi connectivity index (χ2n) is 3.31. The first-order valence-electron chi connectivity index (χ1n) is 4.51. The molecule has 0 saturated heterocycles. The molecule has 1 unspecified atom stereocenters. The van der Waals surface area contributed by atoms with Crippen LogP contribution >= 0.6 is 11.6 Å². The van der Waals surface area contributed by atoms with Crippen LogP contribution in [0.2, 0.25) is 5.15 Å². The fourth-order valence-corrected chi connectivity index (χ4v) is 1.22. The van der Waals surface area contributed by atoms with E-state index in [2.05, 4.69) is 15.3 Å². The molecule has 0 aliphatic heterocycles. The molecule has 6 heteroatoms. The lowest BCUT2D eigenvalue weighted by Gasteiger charge is -2.10. The smallest absolute Gasteiger partial charge is 0.303 e. The highest BCUT2D eigenvalue weighted by molar-refractivity contribution is 6.29. The Balaban J connectivity index is 2.40. The number of nitrogens with zero attached hydrogens (tertiary/aromatic N) is 2. The average Bonchev–Trinajstić information content (AvgIpc) is 2.14. The Kier molecular flexibility index (Phi) is 4.30. The Bertz CT molecular complexity index is 346. The maximum Gasteiger partial charge on any atom is 0.303 e. The normalized spacial score (nSPS) is 12.1. The molecule has 0 bridgehead atoms. The molecule has 1 aromatic rings. The van der Waals surface area contributed by atoms with Crippen LogP contribution in [0.4, 0.5) is 5.82 Å². The molecule has 0 aromatic carbocycles. The highest BCUT2D eigenvalue weighted by Crippen LogP contribution is 2.08. The summed E-state index contributed by atoms with van der Waals surface area (Å²) in [5, 5.41) is 11.8. The van der Waals surface area contributed by atoms with Crippen LogP contribution in [0.15, 0.2) is 12.4 Å². The maximum absolute atomic E-state index is 10.4. The van der Waals surface area contributed by atoms with Crippen LogP contribution in [0.25, 0.3) is 0 Å². The summed E-state index contributed by atoms with van der Waals surface area (Å²) in [5.41, 5.74) is 0. The minimum Gasteiger partial charge on any atom is -0.481 e. The molecule has 0 radical (unpaired) electrons. The van der Waals surface area contributed by atoms with E-state index >= 15 is 0 Å². The maximum atomic E-state index is 10.4. The first-order valence-corrected chi connectivity index (χ1v) is 4.89. The van der Waals surface area contributed by atoms with Gasteiger partial charge in [-0.05, 0) is 5.92 Å². The molecule has 0 spiro atoms. The van der Waals surface area contributed by atoms with Crippen LogP contribution in [-0.4, -0.2) is 27.6 Å². The van der Waals surface area contributed by atoms with Gasteiger partial charge in [0.2, 0.25) is 0 Å². The van der Waals surface area contributed by atoms with Gasteiger partial charge in [-0.3, -0.25) is 9.78 Å². The van der Waals surface area contributed by atoms with Crippen molar-refractivity contribution in [2.24, 2.45) is 5.92 Å². The van der Waals surface area contributed by atoms with Crippen molar-refractivity contribution in [1.29, 1.82) is 0 Å². The number of carboxylic acids is 1. The van der Waals surface area contributed by atoms with E-state index in [1.165, 1.54) is 6.20 Å². The van der Waals surface area contributed by atoms with E-state index in [9.17, 15) is 4.79 Å². The fraction of sp³-hybridized carbons (Fsp3) is 0.444. The second-order valence-corrected chi connectivity index (χ2v) is 3.70. The lowest BCUT2D eigenvalue weighted by Crippen LogP contribution is -2.15. The summed E-state index contributed by atoms with van der Waals surface area (Å²) in [6, 6.07) is 0. The zero-order chi connectivity index (χ0) is 11.3. The monoisotopic (exact) mass is 229 g/mol. The van der Waals surface area contributed by atoms with Crippen LogP contribution < -0.4 is 5.32 Å². The highest BCUT2D eigenvalue weighted by Gasteiger charge is 2.07. The molecule has 2 N–H and O–H groups in total. The number of hydrogen-bond acceptors (Lipinski definition) is 4. The van der Waals surface area contributed by atoms with Gasteiger partial charge in [0.25, 0.3) is 0 Å². The Hall–Kier alpha value is -1.36. The summed E-state index contributed by atoms with van der Waals surface area (Å²) in [5.74, 6) is -0.218. The lowest BCUT2D eigenvalue weighted by molar-refractivity contribution is -0.137. The number of rotatable bonds is 5. The van der Waals surface area contributed by atoms with Crippen LogP contribution in [0.1, 0.15) is 13.3 Å². The van der Waals surface area contributed by atoms with Crippen molar-refractivity contribution in [3.63, 3.8) is 0 Å². The van der Waals surface area contributed by atoms with Gasteiger partial charge in [0.05, 0.1) is 12.4 Å². The van der Waals surface area contributed by atoms with Crippen molar-refractivity contribution >= 4 is 23.4 Å². The van der Waals surface area contributed by atoms with Crippen molar-refractivity contribution in [2.75, 3.05) is 11.9 Å². The standard InChI is InChI=1S/C9H12ClN3O2/c1-6(2-9(14)15)3-12-8-5-11-4-7(10)13-8/h4-6H,2-3H2,1H3,(H,12,13)(H,14,15). The first-order chi connectivity index (χ1) is 7.08. The van der Waals surface area contributed by atoms with Crippen molar-refractivity contribution in [1.82, 2.24) is 9.97 Å². The Morgan fingerprint density at radius 2 is 2.40 bits per heavy atom. The predicted octanol–water partition coefficient (Wildman–Crippen LogP) is 1.65. The van der Waals surface area contributed by atoms with Crippen molar-refractivity contribution in [3.8, 4) is 0 Å². The SMILES string of the molecule is CC(CNc1cncc(Cl)n1)CC(=O)O. The summed E-state index contributed by atoms with van der Waals surface area (Å²) in [4.78, 5) is 18.2. The van der Waals surface area contributed by atoms with Gasteiger partial charge in [-0.15, -0.1) is 0 Å². The molecule has 15 heavy (non-hydrogen) atoms. The predicted molar refractivity (Wildman–Crippen MR) is 56.9 cm³/mol. The summed E-state index contributed by atoms with van der Waals surface area (Å²) < 4.78 is 0. The number of aromatic nitrogens is 2. The molecule has 1 aromatic heterocycles. The number of nitrogens with one attached hydrogen (secondary N) is 1. The zero-order valence-corrected chi connectivity index (χ0v) is 9.03. The van der Waals surface area contributed by atoms with Crippen LogP contribution in [-0.2, 0) is 4.79 Å². The minimum atomic E-state index is -0.804. The fourth-order valence-electron chi connectivity index (χ4n) is 1.08. The Labute approximate surface area is 92.5 Å². The van der Waals surface area contributed by atoms with Crippen molar-refractivity contribution < 1.29 is 9.90 Å². The second kappa shape index (κ2) is 5.50. The molecule has 5 nitrogen and oxygen atoms in total. The van der Waals surface area contributed by atoms with Gasteiger partial charge < -0.3 is 10.4 Å².